The zero-order chi connectivity index (χ0) is 9.54. The van der Waals surface area contributed by atoms with Gasteiger partial charge in [0.15, 0.2) is 0 Å². The molecule has 2 nitrogen and oxygen atoms in total. The molecule has 1 aliphatic carbocycles. The molecule has 0 atom stereocenters. The lowest BCUT2D eigenvalue weighted by molar-refractivity contribution is 0.240. The van der Waals surface area contributed by atoms with Crippen molar-refractivity contribution < 1.29 is 0 Å². The maximum atomic E-state index is 5.93. The highest BCUT2D eigenvalue weighted by molar-refractivity contribution is 5.46. The highest BCUT2D eigenvalue weighted by Gasteiger charge is 2.42. The summed E-state index contributed by atoms with van der Waals surface area (Å²) in [6.45, 7) is 2.34. The van der Waals surface area contributed by atoms with Crippen LogP contribution in [0.15, 0.2) is 24.3 Å². The van der Waals surface area contributed by atoms with Crippen LogP contribution in [0.1, 0.15) is 18.4 Å². The Labute approximate surface area is 84.7 Å². The summed E-state index contributed by atoms with van der Waals surface area (Å²) in [5.41, 5.74) is 8.16. The van der Waals surface area contributed by atoms with Crippen LogP contribution < -0.4 is 5.73 Å². The standard InChI is InChI=1S/C12H16N2/c13-12-4-2-1-3-10(12)8-14-7-9-5-11(14)6-9/h1-4,9,11H,5-8,13H2. The summed E-state index contributed by atoms with van der Waals surface area (Å²) in [6.07, 6.45) is 2.85. The highest BCUT2D eigenvalue weighted by Crippen LogP contribution is 2.41. The van der Waals surface area contributed by atoms with E-state index in [1.54, 1.807) is 0 Å². The molecule has 2 bridgehead atoms. The second-order valence-corrected chi connectivity index (χ2v) is 4.62. The number of rotatable bonds is 2. The predicted octanol–water partition coefficient (Wildman–Crippen LogP) is 1.86. The van der Waals surface area contributed by atoms with E-state index in [1.165, 1.54) is 24.9 Å². The predicted molar refractivity (Wildman–Crippen MR) is 57.8 cm³/mol. The minimum absolute atomic E-state index is 0.861. The fourth-order valence-corrected chi connectivity index (χ4v) is 2.72. The number of hydrogen-bond donors (Lipinski definition) is 1. The first-order chi connectivity index (χ1) is 6.83. The fraction of sp³-hybridized carbons (Fsp3) is 0.500. The Morgan fingerprint density at radius 3 is 2.71 bits per heavy atom. The Morgan fingerprint density at radius 2 is 2.07 bits per heavy atom. The van der Waals surface area contributed by atoms with E-state index in [4.69, 9.17) is 5.73 Å². The lowest BCUT2D eigenvalue weighted by Crippen LogP contribution is -2.28. The summed E-state index contributed by atoms with van der Waals surface area (Å²) >= 11 is 0. The molecule has 2 N–H and O–H groups in total. The number of nitrogens with two attached hydrogens (primary N) is 1. The van der Waals surface area contributed by atoms with Gasteiger partial charge in [0.1, 0.15) is 0 Å². The largest absolute Gasteiger partial charge is 0.398 e. The summed E-state index contributed by atoms with van der Waals surface area (Å²) in [6, 6.07) is 9.08. The van der Waals surface area contributed by atoms with Gasteiger partial charge in [0.25, 0.3) is 0 Å². The van der Waals surface area contributed by atoms with Crippen molar-refractivity contribution in [2.75, 3.05) is 12.3 Å². The van der Waals surface area contributed by atoms with E-state index < -0.39 is 0 Å². The molecule has 1 aromatic carbocycles. The zero-order valence-electron chi connectivity index (χ0n) is 8.32. The van der Waals surface area contributed by atoms with Gasteiger partial charge in [-0.1, -0.05) is 18.2 Å². The van der Waals surface area contributed by atoms with E-state index in [0.717, 1.165) is 24.2 Å². The maximum Gasteiger partial charge on any atom is 0.0359 e. The summed E-state index contributed by atoms with van der Waals surface area (Å²) in [4.78, 5) is 2.58. The van der Waals surface area contributed by atoms with Gasteiger partial charge in [-0.15, -0.1) is 0 Å². The van der Waals surface area contributed by atoms with Crippen molar-refractivity contribution in [1.29, 1.82) is 0 Å². The van der Waals surface area contributed by atoms with E-state index in [9.17, 15) is 0 Å². The molecule has 0 aromatic heterocycles. The third-order valence-electron chi connectivity index (χ3n) is 3.65. The van der Waals surface area contributed by atoms with Crippen molar-refractivity contribution in [3.05, 3.63) is 29.8 Å². The lowest BCUT2D eigenvalue weighted by Gasteiger charge is -2.26. The molecule has 3 aliphatic rings. The van der Waals surface area contributed by atoms with Crippen LogP contribution in [0.2, 0.25) is 0 Å². The second kappa shape index (κ2) is 2.99. The van der Waals surface area contributed by atoms with Gasteiger partial charge in [-0.05, 0) is 30.4 Å². The van der Waals surface area contributed by atoms with Crippen molar-refractivity contribution in [1.82, 2.24) is 4.90 Å². The highest BCUT2D eigenvalue weighted by atomic mass is 15.2. The number of anilines is 1. The Kier molecular flexibility index (Phi) is 1.77. The second-order valence-electron chi connectivity index (χ2n) is 4.62. The van der Waals surface area contributed by atoms with Crippen molar-refractivity contribution >= 4 is 5.69 Å². The molecule has 74 valence electrons. The van der Waals surface area contributed by atoms with Gasteiger partial charge in [0.05, 0.1) is 0 Å². The smallest absolute Gasteiger partial charge is 0.0359 e. The molecule has 0 radical (unpaired) electrons. The maximum absolute atomic E-state index is 5.93. The Balaban J connectivity index is 1.75. The van der Waals surface area contributed by atoms with Crippen LogP contribution in [-0.4, -0.2) is 17.5 Å². The van der Waals surface area contributed by atoms with Crippen molar-refractivity contribution in [3.8, 4) is 0 Å². The first-order valence-electron chi connectivity index (χ1n) is 5.40. The number of benzene rings is 1. The summed E-state index contributed by atoms with van der Waals surface area (Å²) in [5.74, 6) is 0.991. The van der Waals surface area contributed by atoms with Gasteiger partial charge < -0.3 is 5.73 Å². The molecule has 3 fully saturated rings. The van der Waals surface area contributed by atoms with Crippen LogP contribution in [-0.2, 0) is 6.54 Å². The van der Waals surface area contributed by atoms with E-state index in [1.807, 2.05) is 12.1 Å². The topological polar surface area (TPSA) is 29.3 Å². The molecule has 2 heteroatoms. The lowest BCUT2D eigenvalue weighted by atomic mass is 9.86. The summed E-state index contributed by atoms with van der Waals surface area (Å²) in [7, 11) is 0. The zero-order valence-corrected chi connectivity index (χ0v) is 8.32. The molecule has 14 heavy (non-hydrogen) atoms. The van der Waals surface area contributed by atoms with Crippen molar-refractivity contribution in [3.63, 3.8) is 0 Å². The van der Waals surface area contributed by atoms with E-state index in [-0.39, 0.29) is 0 Å². The number of nitrogens with zero attached hydrogens (tertiary/aromatic N) is 1. The monoisotopic (exact) mass is 188 g/mol. The van der Waals surface area contributed by atoms with Gasteiger partial charge in [0, 0.05) is 24.8 Å². The van der Waals surface area contributed by atoms with Crippen LogP contribution in [0.3, 0.4) is 0 Å². The Hall–Kier alpha value is -1.02. The third-order valence-corrected chi connectivity index (χ3v) is 3.65. The van der Waals surface area contributed by atoms with Crippen LogP contribution in [0, 0.1) is 5.92 Å². The molecule has 2 aliphatic heterocycles. The first kappa shape index (κ1) is 8.30. The molecule has 0 unspecified atom stereocenters. The fourth-order valence-electron chi connectivity index (χ4n) is 2.72. The van der Waals surface area contributed by atoms with Crippen LogP contribution in [0.25, 0.3) is 0 Å². The molecule has 2 heterocycles. The molecular formula is C12H16N2. The summed E-state index contributed by atoms with van der Waals surface area (Å²) in [5, 5.41) is 0. The number of fused-ring (bicyclic) bond motifs is 1. The Morgan fingerprint density at radius 1 is 1.29 bits per heavy atom. The average molecular weight is 188 g/mol. The van der Waals surface area contributed by atoms with Crippen molar-refractivity contribution in [2.24, 2.45) is 5.92 Å². The summed E-state index contributed by atoms with van der Waals surface area (Å²) < 4.78 is 0. The average Bonchev–Trinajstić information content (AvgIpc) is 2.66. The molecule has 0 amide bonds. The van der Waals surface area contributed by atoms with Gasteiger partial charge in [0.2, 0.25) is 0 Å². The van der Waals surface area contributed by atoms with E-state index in [0.29, 0.717) is 0 Å². The molecule has 1 aromatic rings. The van der Waals surface area contributed by atoms with E-state index in [2.05, 4.69) is 17.0 Å². The number of nitrogen functional groups attached to an aromatic ring is 1. The minimum atomic E-state index is 0.861. The molecule has 2 saturated heterocycles. The van der Waals surface area contributed by atoms with Crippen LogP contribution in [0.5, 0.6) is 0 Å². The van der Waals surface area contributed by atoms with Crippen LogP contribution in [0.4, 0.5) is 5.69 Å². The van der Waals surface area contributed by atoms with Crippen LogP contribution >= 0.6 is 0 Å². The van der Waals surface area contributed by atoms with E-state index >= 15 is 0 Å². The molecule has 0 spiro atoms. The van der Waals surface area contributed by atoms with Crippen molar-refractivity contribution in [2.45, 2.75) is 25.4 Å². The Bertz CT molecular complexity index is 342. The molecule has 4 rings (SSSR count). The first-order valence-corrected chi connectivity index (χ1v) is 5.40. The van der Waals surface area contributed by atoms with Gasteiger partial charge in [-0.2, -0.15) is 0 Å². The van der Waals surface area contributed by atoms with Gasteiger partial charge in [-0.3, -0.25) is 4.90 Å². The number of para-hydroxylation sites is 1. The normalized spacial score (nSPS) is 30.3. The molecule has 1 saturated carbocycles. The molecular weight excluding hydrogens is 172 g/mol. The number of hydrogen-bond acceptors (Lipinski definition) is 2. The SMILES string of the molecule is Nc1ccccc1CN1CC2CC1C2. The minimum Gasteiger partial charge on any atom is -0.398 e. The van der Waals surface area contributed by atoms with Gasteiger partial charge in [-0.25, -0.2) is 0 Å². The quantitative estimate of drug-likeness (QED) is 0.718. The third kappa shape index (κ3) is 1.22. The van der Waals surface area contributed by atoms with Gasteiger partial charge >= 0.3 is 0 Å².